The first-order valence-electron chi connectivity index (χ1n) is 3.94. The van der Waals surface area contributed by atoms with Gasteiger partial charge in [0.15, 0.2) is 0 Å². The second-order valence-electron chi connectivity index (χ2n) is 2.32. The van der Waals surface area contributed by atoms with Crippen LogP contribution in [0.5, 0.6) is 0 Å². The molecule has 0 rings (SSSR count). The van der Waals surface area contributed by atoms with Crippen LogP contribution < -0.4 is 11.1 Å². The van der Waals surface area contributed by atoms with Gasteiger partial charge in [0.2, 0.25) is 5.91 Å². The summed E-state index contributed by atoms with van der Waals surface area (Å²) in [4.78, 5) is 10.3. The molecule has 3 N–H and O–H groups in total. The van der Waals surface area contributed by atoms with Crippen molar-refractivity contribution >= 4 is 5.91 Å². The van der Waals surface area contributed by atoms with Crippen LogP contribution in [0, 0.1) is 0 Å². The molecule has 0 heterocycles. The summed E-state index contributed by atoms with van der Waals surface area (Å²) in [7, 11) is 0. The molecule has 0 saturated carbocycles. The van der Waals surface area contributed by atoms with Crippen LogP contribution in [0.1, 0.15) is 26.2 Å². The fourth-order valence-electron chi connectivity index (χ4n) is 0.679. The summed E-state index contributed by atoms with van der Waals surface area (Å²) in [6, 6.07) is 0. The zero-order valence-corrected chi connectivity index (χ0v) is 6.97. The largest absolute Gasteiger partial charge is 0.391 e. The molecule has 0 fully saturated rings. The SMILES string of the molecule is CCN/C=C\CCCC(N)=O. The number of allylic oxidation sites excluding steroid dienone is 1. The van der Waals surface area contributed by atoms with Crippen molar-refractivity contribution in [1.29, 1.82) is 0 Å². The molecule has 0 aliphatic carbocycles. The fraction of sp³-hybridized carbons (Fsp3) is 0.625. The lowest BCUT2D eigenvalue weighted by atomic mass is 10.2. The fourth-order valence-corrected chi connectivity index (χ4v) is 0.679. The van der Waals surface area contributed by atoms with Gasteiger partial charge in [-0.2, -0.15) is 0 Å². The second kappa shape index (κ2) is 7.12. The zero-order chi connectivity index (χ0) is 8.53. The first kappa shape index (κ1) is 10.0. The van der Waals surface area contributed by atoms with Gasteiger partial charge in [-0.3, -0.25) is 4.79 Å². The predicted molar refractivity (Wildman–Crippen MR) is 45.9 cm³/mol. The number of carbonyl (C=O) groups is 1. The van der Waals surface area contributed by atoms with E-state index in [1.165, 1.54) is 0 Å². The molecule has 3 nitrogen and oxygen atoms in total. The molecular weight excluding hydrogens is 140 g/mol. The number of rotatable bonds is 6. The Morgan fingerprint density at radius 1 is 1.64 bits per heavy atom. The summed E-state index contributed by atoms with van der Waals surface area (Å²) < 4.78 is 0. The third-order valence-electron chi connectivity index (χ3n) is 1.23. The summed E-state index contributed by atoms with van der Waals surface area (Å²) in [5.41, 5.74) is 4.95. The maximum Gasteiger partial charge on any atom is 0.217 e. The van der Waals surface area contributed by atoms with Crippen molar-refractivity contribution in [2.45, 2.75) is 26.2 Å². The van der Waals surface area contributed by atoms with Crippen LogP contribution in [0.3, 0.4) is 0 Å². The van der Waals surface area contributed by atoms with Gasteiger partial charge in [0, 0.05) is 13.0 Å². The Balaban J connectivity index is 3.07. The van der Waals surface area contributed by atoms with Crippen LogP contribution in [-0.2, 0) is 4.79 Å². The monoisotopic (exact) mass is 156 g/mol. The molecule has 0 spiro atoms. The van der Waals surface area contributed by atoms with Crippen LogP contribution in [0.25, 0.3) is 0 Å². The minimum absolute atomic E-state index is 0.221. The van der Waals surface area contributed by atoms with Gasteiger partial charge in [0.1, 0.15) is 0 Å². The summed E-state index contributed by atoms with van der Waals surface area (Å²) in [5, 5.41) is 3.04. The normalized spacial score (nSPS) is 10.3. The van der Waals surface area contributed by atoms with E-state index in [2.05, 4.69) is 5.32 Å². The number of nitrogens with one attached hydrogen (secondary N) is 1. The number of carbonyl (C=O) groups excluding carboxylic acids is 1. The van der Waals surface area contributed by atoms with Gasteiger partial charge in [0.25, 0.3) is 0 Å². The third-order valence-corrected chi connectivity index (χ3v) is 1.23. The van der Waals surface area contributed by atoms with Gasteiger partial charge in [-0.15, -0.1) is 0 Å². The van der Waals surface area contributed by atoms with E-state index >= 15 is 0 Å². The third kappa shape index (κ3) is 9.01. The number of nitrogens with two attached hydrogens (primary N) is 1. The Morgan fingerprint density at radius 3 is 2.91 bits per heavy atom. The number of unbranched alkanes of at least 4 members (excludes halogenated alkanes) is 1. The minimum Gasteiger partial charge on any atom is -0.391 e. The van der Waals surface area contributed by atoms with E-state index in [4.69, 9.17) is 5.73 Å². The Hall–Kier alpha value is -0.990. The first-order chi connectivity index (χ1) is 5.27. The Bertz CT molecular complexity index is 132. The van der Waals surface area contributed by atoms with Crippen molar-refractivity contribution in [3.8, 4) is 0 Å². The van der Waals surface area contributed by atoms with Gasteiger partial charge < -0.3 is 11.1 Å². The molecule has 0 aliphatic rings. The van der Waals surface area contributed by atoms with E-state index in [9.17, 15) is 4.79 Å². The number of hydrogen-bond acceptors (Lipinski definition) is 2. The van der Waals surface area contributed by atoms with E-state index in [1.807, 2.05) is 19.2 Å². The molecule has 1 amide bonds. The summed E-state index contributed by atoms with van der Waals surface area (Å²) in [6.07, 6.45) is 6.15. The summed E-state index contributed by atoms with van der Waals surface area (Å²) in [5.74, 6) is -0.221. The molecular formula is C8H16N2O. The van der Waals surface area contributed by atoms with Gasteiger partial charge in [0.05, 0.1) is 0 Å². The second-order valence-corrected chi connectivity index (χ2v) is 2.32. The van der Waals surface area contributed by atoms with Crippen molar-refractivity contribution in [2.75, 3.05) is 6.54 Å². The summed E-state index contributed by atoms with van der Waals surface area (Å²) >= 11 is 0. The number of amides is 1. The van der Waals surface area contributed by atoms with Gasteiger partial charge >= 0.3 is 0 Å². The molecule has 0 aliphatic heterocycles. The standard InChI is InChI=1S/C8H16N2O/c1-2-10-7-5-3-4-6-8(9)11/h5,7,10H,2-4,6H2,1H3,(H2,9,11)/b7-5-. The molecule has 0 atom stereocenters. The van der Waals surface area contributed by atoms with Gasteiger partial charge in [-0.05, 0) is 26.0 Å². The molecule has 11 heavy (non-hydrogen) atoms. The van der Waals surface area contributed by atoms with Crippen LogP contribution >= 0.6 is 0 Å². The van der Waals surface area contributed by atoms with Gasteiger partial charge in [-0.25, -0.2) is 0 Å². The van der Waals surface area contributed by atoms with Crippen molar-refractivity contribution in [2.24, 2.45) is 5.73 Å². The van der Waals surface area contributed by atoms with E-state index in [0.717, 1.165) is 19.4 Å². The Labute approximate surface area is 67.7 Å². The highest BCUT2D eigenvalue weighted by atomic mass is 16.1. The Morgan fingerprint density at radius 2 is 2.36 bits per heavy atom. The van der Waals surface area contributed by atoms with Crippen molar-refractivity contribution in [1.82, 2.24) is 5.32 Å². The molecule has 0 aromatic heterocycles. The average Bonchev–Trinajstić information content (AvgIpc) is 1.96. The maximum absolute atomic E-state index is 10.3. The smallest absolute Gasteiger partial charge is 0.217 e. The topological polar surface area (TPSA) is 55.1 Å². The van der Waals surface area contributed by atoms with Crippen LogP contribution in [0.15, 0.2) is 12.3 Å². The molecule has 0 bridgehead atoms. The van der Waals surface area contributed by atoms with Crippen molar-refractivity contribution in [3.05, 3.63) is 12.3 Å². The lowest BCUT2D eigenvalue weighted by Gasteiger charge is -1.92. The van der Waals surface area contributed by atoms with E-state index < -0.39 is 0 Å². The van der Waals surface area contributed by atoms with Crippen LogP contribution in [0.2, 0.25) is 0 Å². The zero-order valence-electron chi connectivity index (χ0n) is 6.97. The first-order valence-corrected chi connectivity index (χ1v) is 3.94. The minimum atomic E-state index is -0.221. The summed E-state index contributed by atoms with van der Waals surface area (Å²) in [6.45, 7) is 2.97. The van der Waals surface area contributed by atoms with Crippen molar-refractivity contribution < 1.29 is 4.79 Å². The highest BCUT2D eigenvalue weighted by Gasteiger charge is 1.90. The molecule has 64 valence electrons. The van der Waals surface area contributed by atoms with Crippen LogP contribution in [0.4, 0.5) is 0 Å². The molecule has 0 unspecified atom stereocenters. The maximum atomic E-state index is 10.3. The molecule has 0 aromatic carbocycles. The van der Waals surface area contributed by atoms with Crippen molar-refractivity contribution in [3.63, 3.8) is 0 Å². The quantitative estimate of drug-likeness (QED) is 0.558. The molecule has 0 saturated heterocycles. The number of hydrogen-bond donors (Lipinski definition) is 2. The van der Waals surface area contributed by atoms with Gasteiger partial charge in [-0.1, -0.05) is 6.08 Å². The average molecular weight is 156 g/mol. The molecule has 0 aromatic rings. The Kier molecular flexibility index (Phi) is 6.48. The van der Waals surface area contributed by atoms with Crippen LogP contribution in [-0.4, -0.2) is 12.5 Å². The highest BCUT2D eigenvalue weighted by molar-refractivity contribution is 5.73. The van der Waals surface area contributed by atoms with E-state index in [-0.39, 0.29) is 5.91 Å². The molecule has 0 radical (unpaired) electrons. The highest BCUT2D eigenvalue weighted by Crippen LogP contribution is 1.94. The number of primary amides is 1. The van der Waals surface area contributed by atoms with E-state index in [1.54, 1.807) is 0 Å². The lowest BCUT2D eigenvalue weighted by molar-refractivity contribution is -0.118. The lowest BCUT2D eigenvalue weighted by Crippen LogP contribution is -2.09. The van der Waals surface area contributed by atoms with E-state index in [0.29, 0.717) is 6.42 Å². The predicted octanol–water partition coefficient (Wildman–Crippen LogP) is 0.765. The molecule has 3 heteroatoms.